The van der Waals surface area contributed by atoms with Gasteiger partial charge in [0.2, 0.25) is 5.09 Å². The third-order valence-electron chi connectivity index (χ3n) is 3.98. The second kappa shape index (κ2) is 9.82. The van der Waals surface area contributed by atoms with Crippen LogP contribution in [0.1, 0.15) is 46.1 Å². The zero-order valence-corrected chi connectivity index (χ0v) is 18.8. The highest BCUT2D eigenvalue weighted by molar-refractivity contribution is 8.13. The quantitative estimate of drug-likeness (QED) is 0.402. The standard InChI is InChI=1S/C20H28ClNO6S/c1-5-6-10-26-11-9-22(19(23)28-20(2,3)4)14-15-7-8-16-13-18(29(21,24)25)27-17(16)12-15/h7-8,12-13H,5-6,9-11,14H2,1-4H3. The summed E-state index contributed by atoms with van der Waals surface area (Å²) in [7, 11) is 1.40. The largest absolute Gasteiger partial charge is 0.444 e. The minimum absolute atomic E-state index is 0.269. The van der Waals surface area contributed by atoms with Crippen molar-refractivity contribution in [2.45, 2.75) is 57.8 Å². The summed E-state index contributed by atoms with van der Waals surface area (Å²) >= 11 is 0. The Labute approximate surface area is 176 Å². The minimum atomic E-state index is -3.95. The summed E-state index contributed by atoms with van der Waals surface area (Å²) < 4.78 is 39.4. The number of carbonyl (C=O) groups excluding carboxylic acids is 1. The van der Waals surface area contributed by atoms with Gasteiger partial charge in [0.25, 0.3) is 9.05 Å². The van der Waals surface area contributed by atoms with E-state index < -0.39 is 20.7 Å². The normalized spacial score (nSPS) is 12.3. The lowest BCUT2D eigenvalue weighted by atomic mass is 10.1. The van der Waals surface area contributed by atoms with Crippen molar-refractivity contribution in [3.05, 3.63) is 29.8 Å². The molecule has 162 valence electrons. The van der Waals surface area contributed by atoms with Crippen LogP contribution in [-0.4, -0.2) is 44.8 Å². The highest BCUT2D eigenvalue weighted by Crippen LogP contribution is 2.26. The smallest absolute Gasteiger partial charge is 0.410 e. The van der Waals surface area contributed by atoms with Gasteiger partial charge in [-0.2, -0.15) is 0 Å². The van der Waals surface area contributed by atoms with Crippen LogP contribution >= 0.6 is 10.7 Å². The summed E-state index contributed by atoms with van der Waals surface area (Å²) in [6.45, 7) is 9.20. The van der Waals surface area contributed by atoms with Gasteiger partial charge in [-0.3, -0.25) is 0 Å². The molecule has 0 aliphatic carbocycles. The van der Waals surface area contributed by atoms with Crippen LogP contribution in [0.4, 0.5) is 4.79 Å². The van der Waals surface area contributed by atoms with Crippen molar-refractivity contribution in [2.75, 3.05) is 19.8 Å². The number of ether oxygens (including phenoxy) is 2. The number of amides is 1. The van der Waals surface area contributed by atoms with Crippen molar-refractivity contribution < 1.29 is 27.1 Å². The molecule has 2 aromatic rings. The van der Waals surface area contributed by atoms with Crippen molar-refractivity contribution >= 4 is 36.8 Å². The third kappa shape index (κ3) is 7.53. The monoisotopic (exact) mass is 445 g/mol. The number of halogens is 1. The van der Waals surface area contributed by atoms with Crippen LogP contribution in [0.2, 0.25) is 0 Å². The van der Waals surface area contributed by atoms with E-state index in [2.05, 4.69) is 6.92 Å². The average molecular weight is 446 g/mol. The number of nitrogens with zero attached hydrogens (tertiary/aromatic N) is 1. The minimum Gasteiger partial charge on any atom is -0.444 e. The fourth-order valence-electron chi connectivity index (χ4n) is 2.57. The first kappa shape index (κ1) is 23.5. The number of fused-ring (bicyclic) bond motifs is 1. The van der Waals surface area contributed by atoms with Gasteiger partial charge in [0.05, 0.1) is 6.61 Å². The zero-order valence-electron chi connectivity index (χ0n) is 17.2. The fraction of sp³-hybridized carbons (Fsp3) is 0.550. The molecule has 0 fully saturated rings. The molecule has 9 heteroatoms. The molecule has 0 spiro atoms. The lowest BCUT2D eigenvalue weighted by Crippen LogP contribution is -2.38. The van der Waals surface area contributed by atoms with Gasteiger partial charge in [-0.1, -0.05) is 25.5 Å². The van der Waals surface area contributed by atoms with Gasteiger partial charge in [-0.05, 0) is 38.8 Å². The third-order valence-corrected chi connectivity index (χ3v) is 5.11. The first-order valence-corrected chi connectivity index (χ1v) is 11.8. The molecule has 1 aromatic heterocycles. The number of hydrogen-bond acceptors (Lipinski definition) is 6. The Morgan fingerprint density at radius 1 is 1.21 bits per heavy atom. The zero-order chi connectivity index (χ0) is 21.7. The molecule has 2 rings (SSSR count). The summed E-state index contributed by atoms with van der Waals surface area (Å²) in [4.78, 5) is 14.2. The Morgan fingerprint density at radius 3 is 2.55 bits per heavy atom. The van der Waals surface area contributed by atoms with E-state index in [1.54, 1.807) is 23.1 Å². The number of rotatable bonds is 9. The molecule has 0 aliphatic heterocycles. The topological polar surface area (TPSA) is 86.0 Å². The van der Waals surface area contributed by atoms with Crippen LogP contribution in [-0.2, 0) is 25.1 Å². The van der Waals surface area contributed by atoms with Crippen LogP contribution in [0.15, 0.2) is 33.8 Å². The van der Waals surface area contributed by atoms with Crippen molar-refractivity contribution in [1.29, 1.82) is 0 Å². The summed E-state index contributed by atoms with van der Waals surface area (Å²) in [6, 6.07) is 6.59. The highest BCUT2D eigenvalue weighted by Gasteiger charge is 2.23. The molecule has 7 nitrogen and oxygen atoms in total. The highest BCUT2D eigenvalue weighted by atomic mass is 35.7. The lowest BCUT2D eigenvalue weighted by Gasteiger charge is -2.27. The maximum Gasteiger partial charge on any atom is 0.410 e. The van der Waals surface area contributed by atoms with Crippen molar-refractivity contribution in [3.8, 4) is 0 Å². The summed E-state index contributed by atoms with van der Waals surface area (Å²) in [6.07, 6.45) is 1.56. The molecule has 1 heterocycles. The number of furan rings is 1. The average Bonchev–Trinajstić information content (AvgIpc) is 3.02. The molecular weight excluding hydrogens is 418 g/mol. The van der Waals surface area contributed by atoms with E-state index in [0.29, 0.717) is 30.7 Å². The second-order valence-electron chi connectivity index (χ2n) is 7.74. The van der Waals surface area contributed by atoms with Crippen LogP contribution in [0.25, 0.3) is 11.0 Å². The van der Waals surface area contributed by atoms with E-state index in [4.69, 9.17) is 24.6 Å². The van der Waals surface area contributed by atoms with Crippen molar-refractivity contribution in [3.63, 3.8) is 0 Å². The van der Waals surface area contributed by atoms with Crippen LogP contribution in [0, 0.1) is 0 Å². The predicted molar refractivity (Wildman–Crippen MR) is 112 cm³/mol. The molecule has 0 atom stereocenters. The Kier molecular flexibility index (Phi) is 7.96. The van der Waals surface area contributed by atoms with Crippen LogP contribution in [0.5, 0.6) is 0 Å². The van der Waals surface area contributed by atoms with E-state index in [1.165, 1.54) is 6.07 Å². The molecule has 0 N–H and O–H groups in total. The predicted octanol–water partition coefficient (Wildman–Crippen LogP) is 4.91. The van der Waals surface area contributed by atoms with Crippen molar-refractivity contribution in [2.24, 2.45) is 0 Å². The van der Waals surface area contributed by atoms with Gasteiger partial charge in [0.15, 0.2) is 0 Å². The summed E-state index contributed by atoms with van der Waals surface area (Å²) in [5.74, 6) is 0. The van der Waals surface area contributed by atoms with Crippen LogP contribution < -0.4 is 0 Å². The number of carbonyl (C=O) groups is 1. The summed E-state index contributed by atoms with van der Waals surface area (Å²) in [5.41, 5.74) is 0.530. The maximum atomic E-state index is 12.6. The lowest BCUT2D eigenvalue weighted by molar-refractivity contribution is 0.0155. The van der Waals surface area contributed by atoms with Gasteiger partial charge in [0.1, 0.15) is 11.2 Å². The molecule has 0 aliphatic rings. The van der Waals surface area contributed by atoms with Crippen LogP contribution in [0.3, 0.4) is 0 Å². The summed E-state index contributed by atoms with van der Waals surface area (Å²) in [5, 5.41) is 0.305. The first-order chi connectivity index (χ1) is 13.5. The Morgan fingerprint density at radius 2 is 1.93 bits per heavy atom. The number of benzene rings is 1. The second-order valence-corrected chi connectivity index (χ2v) is 10.2. The van der Waals surface area contributed by atoms with Gasteiger partial charge < -0.3 is 18.8 Å². The van der Waals surface area contributed by atoms with Gasteiger partial charge in [0, 0.05) is 41.8 Å². The molecule has 29 heavy (non-hydrogen) atoms. The fourth-order valence-corrected chi connectivity index (χ4v) is 3.26. The number of unbranched alkanes of at least 4 members (excludes halogenated alkanes) is 1. The Balaban J connectivity index is 2.16. The van der Waals surface area contributed by atoms with Gasteiger partial charge >= 0.3 is 6.09 Å². The van der Waals surface area contributed by atoms with Gasteiger partial charge in [-0.25, -0.2) is 13.2 Å². The number of hydrogen-bond donors (Lipinski definition) is 0. The molecule has 0 radical (unpaired) electrons. The molecule has 0 saturated heterocycles. The molecular formula is C20H28ClNO6S. The molecule has 0 unspecified atom stereocenters. The first-order valence-electron chi connectivity index (χ1n) is 9.52. The molecule has 1 aromatic carbocycles. The molecule has 1 amide bonds. The molecule has 0 bridgehead atoms. The van der Waals surface area contributed by atoms with E-state index in [-0.39, 0.29) is 11.6 Å². The molecule has 0 saturated carbocycles. The van der Waals surface area contributed by atoms with E-state index in [0.717, 1.165) is 18.4 Å². The van der Waals surface area contributed by atoms with E-state index in [1.807, 2.05) is 20.8 Å². The maximum absolute atomic E-state index is 12.6. The van der Waals surface area contributed by atoms with Gasteiger partial charge in [-0.15, -0.1) is 0 Å². The van der Waals surface area contributed by atoms with E-state index >= 15 is 0 Å². The Bertz CT molecular complexity index is 932. The van der Waals surface area contributed by atoms with E-state index in [9.17, 15) is 13.2 Å². The van der Waals surface area contributed by atoms with Crippen molar-refractivity contribution in [1.82, 2.24) is 4.90 Å². The SMILES string of the molecule is CCCCOCCN(Cc1ccc2cc(S(=O)(=O)Cl)oc2c1)C(=O)OC(C)(C)C. The Hall–Kier alpha value is -1.77.